The lowest BCUT2D eigenvalue weighted by Crippen LogP contribution is -2.48. The van der Waals surface area contributed by atoms with Crippen molar-refractivity contribution in [3.63, 3.8) is 0 Å². The number of aromatic nitrogens is 1. The number of primary amides is 1. The Morgan fingerprint density at radius 3 is 2.39 bits per heavy atom. The van der Waals surface area contributed by atoms with Crippen molar-refractivity contribution in [1.82, 2.24) is 9.29 Å². The minimum absolute atomic E-state index is 0.292. The molecule has 1 aromatic carbocycles. The third-order valence-electron chi connectivity index (χ3n) is 4.79. The summed E-state index contributed by atoms with van der Waals surface area (Å²) in [5.41, 5.74) is 12.7. The molecule has 1 fully saturated rings. The van der Waals surface area contributed by atoms with Crippen LogP contribution in [-0.4, -0.2) is 49.8 Å². The van der Waals surface area contributed by atoms with Gasteiger partial charge in [0.05, 0.1) is 21.7 Å². The molecule has 0 saturated carbocycles. The van der Waals surface area contributed by atoms with Gasteiger partial charge in [0, 0.05) is 32.4 Å². The monoisotopic (exact) mass is 417 g/mol. The summed E-state index contributed by atoms with van der Waals surface area (Å²) in [6.45, 7) is 1.72. The maximum absolute atomic E-state index is 12.8. The third kappa shape index (κ3) is 3.09. The first-order chi connectivity index (χ1) is 13.4. The lowest BCUT2D eigenvalue weighted by atomic mass is 10.2. The molecule has 2 aromatic heterocycles. The zero-order chi connectivity index (χ0) is 19.9. The van der Waals surface area contributed by atoms with E-state index in [9.17, 15) is 13.2 Å². The molecule has 1 amide bonds. The average molecular weight is 418 g/mol. The van der Waals surface area contributed by atoms with Gasteiger partial charge < -0.3 is 16.4 Å². The molecule has 3 heterocycles. The highest BCUT2D eigenvalue weighted by molar-refractivity contribution is 7.89. The molecule has 0 unspecified atom stereocenters. The standard InChI is InChI=1S/C18H19N5O3S2/c19-15-14-13(6-7-21-18(14)27-16(15)17(20)24)22-8-10-23(11-9-22)28(25,26)12-4-2-1-3-5-12/h1-7H,8-11,19H2,(H2,20,24). The van der Waals surface area contributed by atoms with E-state index in [4.69, 9.17) is 11.5 Å². The van der Waals surface area contributed by atoms with Gasteiger partial charge in [-0.25, -0.2) is 13.4 Å². The fourth-order valence-corrected chi connectivity index (χ4v) is 5.77. The number of rotatable bonds is 4. The summed E-state index contributed by atoms with van der Waals surface area (Å²) in [5.74, 6) is -0.578. The Balaban J connectivity index is 1.60. The van der Waals surface area contributed by atoms with Crippen LogP contribution < -0.4 is 16.4 Å². The Labute approximate surface area is 166 Å². The van der Waals surface area contributed by atoms with Crippen molar-refractivity contribution in [2.45, 2.75) is 4.90 Å². The van der Waals surface area contributed by atoms with Crippen LogP contribution in [0.15, 0.2) is 47.5 Å². The normalized spacial score (nSPS) is 15.8. The first-order valence-electron chi connectivity index (χ1n) is 8.66. The highest BCUT2D eigenvalue weighted by atomic mass is 32.2. The Morgan fingerprint density at radius 1 is 1.07 bits per heavy atom. The van der Waals surface area contributed by atoms with Gasteiger partial charge in [-0.15, -0.1) is 11.3 Å². The van der Waals surface area contributed by atoms with E-state index in [1.807, 2.05) is 6.07 Å². The van der Waals surface area contributed by atoms with E-state index in [0.717, 1.165) is 5.69 Å². The van der Waals surface area contributed by atoms with E-state index < -0.39 is 15.9 Å². The first-order valence-corrected chi connectivity index (χ1v) is 10.9. The molecule has 0 radical (unpaired) electrons. The molecule has 4 N–H and O–H groups in total. The van der Waals surface area contributed by atoms with E-state index in [1.54, 1.807) is 36.5 Å². The molecule has 0 spiro atoms. The predicted molar refractivity (Wildman–Crippen MR) is 110 cm³/mol. The lowest BCUT2D eigenvalue weighted by molar-refractivity contribution is 0.100. The number of pyridine rings is 1. The number of carbonyl (C=O) groups is 1. The van der Waals surface area contributed by atoms with Crippen LogP contribution in [0.3, 0.4) is 0 Å². The number of hydrogen-bond acceptors (Lipinski definition) is 7. The van der Waals surface area contributed by atoms with Crippen LogP contribution in [0.2, 0.25) is 0 Å². The molecular formula is C18H19N5O3S2. The first kappa shape index (κ1) is 18.7. The van der Waals surface area contributed by atoms with Crippen molar-refractivity contribution < 1.29 is 13.2 Å². The van der Waals surface area contributed by atoms with Gasteiger partial charge in [0.15, 0.2) is 0 Å². The summed E-state index contributed by atoms with van der Waals surface area (Å²) in [5, 5.41) is 0.695. The zero-order valence-corrected chi connectivity index (χ0v) is 16.5. The molecule has 28 heavy (non-hydrogen) atoms. The van der Waals surface area contributed by atoms with Crippen molar-refractivity contribution in [3.05, 3.63) is 47.5 Å². The molecule has 1 aliphatic heterocycles. The minimum atomic E-state index is -3.51. The molecule has 4 rings (SSSR count). The average Bonchev–Trinajstić information content (AvgIpc) is 3.06. The highest BCUT2D eigenvalue weighted by Crippen LogP contribution is 2.38. The van der Waals surface area contributed by atoms with Crippen LogP contribution in [0.1, 0.15) is 9.67 Å². The smallest absolute Gasteiger partial charge is 0.260 e. The van der Waals surface area contributed by atoms with E-state index in [2.05, 4.69) is 9.88 Å². The van der Waals surface area contributed by atoms with Crippen molar-refractivity contribution in [2.75, 3.05) is 36.8 Å². The van der Waals surface area contributed by atoms with Crippen molar-refractivity contribution in [1.29, 1.82) is 0 Å². The van der Waals surface area contributed by atoms with Crippen LogP contribution >= 0.6 is 11.3 Å². The second kappa shape index (κ2) is 7.04. The van der Waals surface area contributed by atoms with E-state index in [-0.39, 0.29) is 0 Å². The molecule has 1 saturated heterocycles. The quantitative estimate of drug-likeness (QED) is 0.663. The van der Waals surface area contributed by atoms with Crippen molar-refractivity contribution >= 4 is 48.9 Å². The van der Waals surface area contributed by atoms with E-state index >= 15 is 0 Å². The second-order valence-electron chi connectivity index (χ2n) is 6.42. The zero-order valence-electron chi connectivity index (χ0n) is 14.9. The van der Waals surface area contributed by atoms with Gasteiger partial charge in [0.1, 0.15) is 9.71 Å². The Hall–Kier alpha value is -2.69. The number of carbonyl (C=O) groups excluding carboxylic acids is 1. The molecule has 0 aliphatic carbocycles. The molecule has 0 atom stereocenters. The number of fused-ring (bicyclic) bond motifs is 1. The lowest BCUT2D eigenvalue weighted by Gasteiger charge is -2.35. The van der Waals surface area contributed by atoms with Gasteiger partial charge in [-0.2, -0.15) is 4.31 Å². The van der Waals surface area contributed by atoms with E-state index in [1.165, 1.54) is 15.6 Å². The van der Waals surface area contributed by atoms with Crippen molar-refractivity contribution in [2.24, 2.45) is 5.73 Å². The predicted octanol–water partition coefficient (Wildman–Crippen LogP) is 1.49. The fraction of sp³-hybridized carbons (Fsp3) is 0.222. The molecule has 0 bridgehead atoms. The van der Waals surface area contributed by atoms with Crippen LogP contribution in [-0.2, 0) is 10.0 Å². The SMILES string of the molecule is NC(=O)c1sc2nccc(N3CCN(S(=O)(=O)c4ccccc4)CC3)c2c1N. The fourth-order valence-electron chi connectivity index (χ4n) is 3.39. The number of piperazine rings is 1. The summed E-state index contributed by atoms with van der Waals surface area (Å²) >= 11 is 1.17. The number of hydrogen-bond donors (Lipinski definition) is 2. The summed E-state index contributed by atoms with van der Waals surface area (Å²) in [6, 6.07) is 10.3. The maximum Gasteiger partial charge on any atom is 0.260 e. The number of sulfonamides is 1. The second-order valence-corrected chi connectivity index (χ2v) is 9.36. The summed E-state index contributed by atoms with van der Waals surface area (Å²) in [4.78, 5) is 19.2. The van der Waals surface area contributed by atoms with Gasteiger partial charge in [0.25, 0.3) is 5.91 Å². The summed E-state index contributed by atoms with van der Waals surface area (Å²) < 4.78 is 27.1. The number of benzene rings is 1. The van der Waals surface area contributed by atoms with Gasteiger partial charge in [-0.05, 0) is 18.2 Å². The molecular weight excluding hydrogens is 398 g/mol. The summed E-state index contributed by atoms with van der Waals surface area (Å²) in [7, 11) is -3.51. The largest absolute Gasteiger partial charge is 0.397 e. The molecule has 146 valence electrons. The minimum Gasteiger partial charge on any atom is -0.397 e. The molecule has 3 aromatic rings. The molecule has 8 nitrogen and oxygen atoms in total. The van der Waals surface area contributed by atoms with Crippen LogP contribution in [0.4, 0.5) is 11.4 Å². The maximum atomic E-state index is 12.8. The van der Waals surface area contributed by atoms with Gasteiger partial charge >= 0.3 is 0 Å². The Bertz CT molecular complexity index is 1140. The number of thiophene rings is 1. The number of nitrogens with zero attached hydrogens (tertiary/aromatic N) is 3. The topological polar surface area (TPSA) is 123 Å². The Morgan fingerprint density at radius 2 is 1.75 bits per heavy atom. The Kier molecular flexibility index (Phi) is 4.69. The number of nitrogens with two attached hydrogens (primary N) is 2. The number of nitrogen functional groups attached to an aromatic ring is 1. The van der Waals surface area contributed by atoms with Gasteiger partial charge in [-0.3, -0.25) is 4.79 Å². The van der Waals surface area contributed by atoms with Crippen LogP contribution in [0.5, 0.6) is 0 Å². The van der Waals surface area contributed by atoms with Crippen LogP contribution in [0, 0.1) is 0 Å². The van der Waals surface area contributed by atoms with Crippen LogP contribution in [0.25, 0.3) is 10.2 Å². The molecule has 1 aliphatic rings. The van der Waals surface area contributed by atoms with Crippen molar-refractivity contribution in [3.8, 4) is 0 Å². The van der Waals surface area contributed by atoms with E-state index in [0.29, 0.717) is 51.9 Å². The molecule has 10 heteroatoms. The number of amides is 1. The third-order valence-corrected chi connectivity index (χ3v) is 7.83. The highest BCUT2D eigenvalue weighted by Gasteiger charge is 2.29. The van der Waals surface area contributed by atoms with Gasteiger partial charge in [-0.1, -0.05) is 18.2 Å². The van der Waals surface area contributed by atoms with Gasteiger partial charge in [0.2, 0.25) is 10.0 Å². The summed E-state index contributed by atoms with van der Waals surface area (Å²) in [6.07, 6.45) is 1.66. The number of anilines is 2.